The van der Waals surface area contributed by atoms with Crippen LogP contribution in [0.25, 0.3) is 0 Å². The molecule has 1 aliphatic heterocycles. The summed E-state index contributed by atoms with van der Waals surface area (Å²) >= 11 is 0. The van der Waals surface area contributed by atoms with Crippen molar-refractivity contribution in [1.82, 2.24) is 0 Å². The molecule has 0 spiro atoms. The summed E-state index contributed by atoms with van der Waals surface area (Å²) in [5.74, 6) is 6.21. The van der Waals surface area contributed by atoms with Crippen molar-refractivity contribution < 1.29 is 9.16 Å². The highest BCUT2D eigenvalue weighted by Gasteiger charge is 2.38. The van der Waals surface area contributed by atoms with Crippen molar-refractivity contribution in [3.05, 3.63) is 12.2 Å². The molecule has 0 N–H and O–H groups in total. The minimum absolute atomic E-state index is 0.372. The lowest BCUT2D eigenvalue weighted by molar-refractivity contribution is 0.0913. The molecular formula is C12H20O2Si. The summed E-state index contributed by atoms with van der Waals surface area (Å²) in [5.41, 5.74) is 0.504. The van der Waals surface area contributed by atoms with Gasteiger partial charge in [0.2, 0.25) is 0 Å². The van der Waals surface area contributed by atoms with Gasteiger partial charge in [0.15, 0.2) is 8.32 Å². The van der Waals surface area contributed by atoms with Crippen LogP contribution in [0.5, 0.6) is 0 Å². The standard InChI is InChI=1S/C12H20O2Si/c1-11(2)6-7-12(8-9-13-10-12)14-15(3,4)5/h1,8-10H2,2-5H3. The zero-order valence-electron chi connectivity index (χ0n) is 10.1. The highest BCUT2D eigenvalue weighted by atomic mass is 28.4. The lowest BCUT2D eigenvalue weighted by Crippen LogP contribution is -2.42. The smallest absolute Gasteiger partial charge is 0.185 e. The molecule has 1 fully saturated rings. The minimum atomic E-state index is -1.58. The monoisotopic (exact) mass is 224 g/mol. The van der Waals surface area contributed by atoms with E-state index in [1.165, 1.54) is 0 Å². The predicted molar refractivity (Wildman–Crippen MR) is 65.2 cm³/mol. The Kier molecular flexibility index (Phi) is 3.77. The maximum atomic E-state index is 6.14. The van der Waals surface area contributed by atoms with Crippen LogP contribution in [0.3, 0.4) is 0 Å². The second-order valence-electron chi connectivity index (χ2n) is 5.04. The molecule has 0 aromatic rings. The molecule has 0 amide bonds. The average molecular weight is 224 g/mol. The van der Waals surface area contributed by atoms with Crippen LogP contribution in [0.4, 0.5) is 0 Å². The van der Waals surface area contributed by atoms with E-state index in [-0.39, 0.29) is 5.60 Å². The zero-order valence-corrected chi connectivity index (χ0v) is 11.1. The molecule has 0 aromatic heterocycles. The molecule has 0 bridgehead atoms. The van der Waals surface area contributed by atoms with Gasteiger partial charge in [-0.2, -0.15) is 0 Å². The quantitative estimate of drug-likeness (QED) is 0.530. The Morgan fingerprint density at radius 1 is 1.47 bits per heavy atom. The molecule has 1 saturated heterocycles. The van der Waals surface area contributed by atoms with Crippen LogP contribution in [0.15, 0.2) is 12.2 Å². The summed E-state index contributed by atoms with van der Waals surface area (Å²) in [6.07, 6.45) is 0.873. The van der Waals surface area contributed by atoms with Crippen LogP contribution in [0.1, 0.15) is 13.3 Å². The van der Waals surface area contributed by atoms with Gasteiger partial charge in [0.25, 0.3) is 0 Å². The lowest BCUT2D eigenvalue weighted by atomic mass is 10.0. The number of rotatable bonds is 2. The van der Waals surface area contributed by atoms with E-state index in [0.717, 1.165) is 18.6 Å². The van der Waals surface area contributed by atoms with Crippen LogP contribution in [0, 0.1) is 11.8 Å². The van der Waals surface area contributed by atoms with Crippen molar-refractivity contribution in [2.24, 2.45) is 0 Å². The first kappa shape index (κ1) is 12.5. The molecule has 0 aliphatic carbocycles. The van der Waals surface area contributed by atoms with Gasteiger partial charge in [0, 0.05) is 6.42 Å². The first-order valence-corrected chi connectivity index (χ1v) is 8.70. The van der Waals surface area contributed by atoms with Crippen molar-refractivity contribution in [2.75, 3.05) is 13.2 Å². The summed E-state index contributed by atoms with van der Waals surface area (Å²) in [7, 11) is -1.58. The Morgan fingerprint density at radius 2 is 2.13 bits per heavy atom. The topological polar surface area (TPSA) is 18.5 Å². The largest absolute Gasteiger partial charge is 0.400 e. The van der Waals surface area contributed by atoms with Crippen molar-refractivity contribution in [3.8, 4) is 11.8 Å². The van der Waals surface area contributed by atoms with Crippen molar-refractivity contribution in [3.63, 3.8) is 0 Å². The van der Waals surface area contributed by atoms with Gasteiger partial charge >= 0.3 is 0 Å². The fourth-order valence-electron chi connectivity index (χ4n) is 1.56. The second-order valence-corrected chi connectivity index (χ2v) is 9.47. The van der Waals surface area contributed by atoms with E-state index in [0.29, 0.717) is 6.61 Å². The zero-order chi connectivity index (χ0) is 11.5. The van der Waals surface area contributed by atoms with Crippen molar-refractivity contribution >= 4 is 8.32 Å². The molecule has 0 radical (unpaired) electrons. The van der Waals surface area contributed by atoms with E-state index in [1.54, 1.807) is 0 Å². The third-order valence-corrected chi connectivity index (χ3v) is 2.99. The Morgan fingerprint density at radius 3 is 2.53 bits per heavy atom. The van der Waals surface area contributed by atoms with Crippen LogP contribution in [-0.2, 0) is 9.16 Å². The van der Waals surface area contributed by atoms with Gasteiger partial charge in [-0.3, -0.25) is 0 Å². The van der Waals surface area contributed by atoms with E-state index in [4.69, 9.17) is 9.16 Å². The van der Waals surface area contributed by atoms with Gasteiger partial charge in [-0.05, 0) is 32.1 Å². The van der Waals surface area contributed by atoms with E-state index in [1.807, 2.05) is 6.92 Å². The predicted octanol–water partition coefficient (Wildman–Crippen LogP) is 2.58. The number of hydrogen-bond donors (Lipinski definition) is 0. The Bertz CT molecular complexity index is 298. The summed E-state index contributed by atoms with van der Waals surface area (Å²) in [4.78, 5) is 0. The Hall–Kier alpha value is -0.563. The van der Waals surface area contributed by atoms with Crippen LogP contribution < -0.4 is 0 Å². The molecule has 2 nitrogen and oxygen atoms in total. The molecule has 1 aliphatic rings. The third-order valence-electron chi connectivity index (χ3n) is 1.99. The van der Waals surface area contributed by atoms with Crippen molar-refractivity contribution in [2.45, 2.75) is 38.6 Å². The lowest BCUT2D eigenvalue weighted by Gasteiger charge is -2.30. The Labute approximate surface area is 93.8 Å². The van der Waals surface area contributed by atoms with E-state index in [2.05, 4.69) is 38.1 Å². The Balaban J connectivity index is 2.81. The molecule has 1 atom stereocenters. The maximum Gasteiger partial charge on any atom is 0.185 e. The normalized spacial score (nSPS) is 25.9. The maximum absolute atomic E-state index is 6.14. The SMILES string of the molecule is C=C(C)C#CC1(O[Si](C)(C)C)CCOC1. The summed E-state index contributed by atoms with van der Waals surface area (Å²) in [5, 5.41) is 0. The molecule has 0 saturated carbocycles. The van der Waals surface area contributed by atoms with Crippen LogP contribution in [0.2, 0.25) is 19.6 Å². The number of hydrogen-bond acceptors (Lipinski definition) is 2. The van der Waals surface area contributed by atoms with Gasteiger partial charge in [-0.25, -0.2) is 0 Å². The fourth-order valence-corrected chi connectivity index (χ4v) is 2.94. The molecule has 3 heteroatoms. The molecule has 1 unspecified atom stereocenters. The fraction of sp³-hybridized carbons (Fsp3) is 0.667. The average Bonchev–Trinajstić information content (AvgIpc) is 2.47. The summed E-state index contributed by atoms with van der Waals surface area (Å²) < 4.78 is 11.5. The minimum Gasteiger partial charge on any atom is -0.400 e. The van der Waals surface area contributed by atoms with E-state index < -0.39 is 8.32 Å². The highest BCUT2D eigenvalue weighted by molar-refractivity contribution is 6.69. The van der Waals surface area contributed by atoms with E-state index >= 15 is 0 Å². The molecule has 15 heavy (non-hydrogen) atoms. The van der Waals surface area contributed by atoms with Crippen LogP contribution >= 0.6 is 0 Å². The van der Waals surface area contributed by atoms with Gasteiger partial charge in [0.1, 0.15) is 5.60 Å². The van der Waals surface area contributed by atoms with Gasteiger partial charge in [-0.15, -0.1) is 0 Å². The molecule has 1 rings (SSSR count). The highest BCUT2D eigenvalue weighted by Crippen LogP contribution is 2.26. The van der Waals surface area contributed by atoms with Crippen LogP contribution in [-0.4, -0.2) is 27.1 Å². The van der Waals surface area contributed by atoms with E-state index in [9.17, 15) is 0 Å². The number of allylic oxidation sites excluding steroid dienone is 1. The first-order valence-electron chi connectivity index (χ1n) is 5.30. The van der Waals surface area contributed by atoms with Gasteiger partial charge < -0.3 is 9.16 Å². The molecule has 1 heterocycles. The molecular weight excluding hydrogens is 204 g/mol. The summed E-state index contributed by atoms with van der Waals surface area (Å²) in [6, 6.07) is 0. The van der Waals surface area contributed by atoms with Crippen molar-refractivity contribution in [1.29, 1.82) is 0 Å². The summed E-state index contributed by atoms with van der Waals surface area (Å²) in [6.45, 7) is 13.6. The first-order chi connectivity index (χ1) is 6.83. The van der Waals surface area contributed by atoms with Gasteiger partial charge in [0.05, 0.1) is 13.2 Å². The second kappa shape index (κ2) is 4.52. The third kappa shape index (κ3) is 4.21. The molecule has 0 aromatic carbocycles. The number of ether oxygens (including phenoxy) is 1. The molecule has 84 valence electrons. The van der Waals surface area contributed by atoms with Gasteiger partial charge in [-0.1, -0.05) is 18.4 Å².